The van der Waals surface area contributed by atoms with Gasteiger partial charge in [-0.05, 0) is 54.0 Å². The van der Waals surface area contributed by atoms with E-state index in [4.69, 9.17) is 10.7 Å². The van der Waals surface area contributed by atoms with Crippen molar-refractivity contribution < 1.29 is 9.90 Å². The Balaban J connectivity index is 1.68. The molecule has 5 N–H and O–H groups in total. The van der Waals surface area contributed by atoms with Gasteiger partial charge in [-0.25, -0.2) is 4.79 Å². The Hall–Kier alpha value is -3.38. The molecule has 6 heteroatoms. The zero-order chi connectivity index (χ0) is 21.8. The number of nitrogens with one attached hydrogen (secondary N) is 2. The van der Waals surface area contributed by atoms with Gasteiger partial charge in [-0.15, -0.1) is 0 Å². The van der Waals surface area contributed by atoms with Crippen molar-refractivity contribution in [3.05, 3.63) is 71.0 Å². The van der Waals surface area contributed by atoms with Crippen molar-refractivity contribution in [2.45, 2.75) is 39.2 Å². The average Bonchev–Trinajstić information content (AvgIpc) is 3.11. The molecule has 0 bridgehead atoms. The largest absolute Gasteiger partial charge is 0.382 e. The molecule has 2 aromatic heterocycles. The van der Waals surface area contributed by atoms with Gasteiger partial charge in [0, 0.05) is 27.7 Å². The number of rotatable bonds is 3. The lowest BCUT2D eigenvalue weighted by Gasteiger charge is -2.31. The molecule has 1 atom stereocenters. The van der Waals surface area contributed by atoms with E-state index in [1.54, 1.807) is 24.3 Å². The number of nitrogens with two attached hydrogens (primary N) is 1. The van der Waals surface area contributed by atoms with Crippen LogP contribution in [0.1, 0.15) is 48.9 Å². The molecule has 158 valence electrons. The van der Waals surface area contributed by atoms with Crippen molar-refractivity contribution >= 4 is 33.5 Å². The molecular weight excluding hydrogens is 388 g/mol. The number of para-hydroxylation sites is 1. The number of fused-ring (bicyclic) bond motifs is 5. The van der Waals surface area contributed by atoms with Crippen LogP contribution in [0.2, 0.25) is 0 Å². The summed E-state index contributed by atoms with van der Waals surface area (Å²) in [4.78, 5) is 19.6. The first-order valence-corrected chi connectivity index (χ1v) is 10.6. The molecule has 31 heavy (non-hydrogen) atoms. The Bertz CT molecular complexity index is 1300. The molecule has 1 unspecified atom stereocenters. The van der Waals surface area contributed by atoms with Crippen molar-refractivity contribution in [1.82, 2.24) is 9.97 Å². The number of carbonyl (C=O) groups is 1. The maximum absolute atomic E-state index is 11.3. The molecule has 0 aliphatic heterocycles. The number of urea groups is 1. The van der Waals surface area contributed by atoms with Crippen LogP contribution in [0, 0.1) is 5.41 Å². The minimum absolute atomic E-state index is 0.185. The first-order chi connectivity index (χ1) is 14.8. The second-order valence-electron chi connectivity index (χ2n) is 9.20. The predicted octanol–water partition coefficient (Wildman–Crippen LogP) is 4.80. The quantitative estimate of drug-likeness (QED) is 0.387. The Morgan fingerprint density at radius 3 is 2.68 bits per heavy atom. The van der Waals surface area contributed by atoms with E-state index in [1.165, 1.54) is 16.3 Å². The fraction of sp³-hybridized carbons (Fsp3) is 0.280. The van der Waals surface area contributed by atoms with E-state index in [2.05, 4.69) is 42.3 Å². The van der Waals surface area contributed by atoms with Gasteiger partial charge in [0.2, 0.25) is 0 Å². The van der Waals surface area contributed by atoms with E-state index in [9.17, 15) is 9.90 Å². The number of aromatic nitrogens is 2. The second-order valence-corrected chi connectivity index (χ2v) is 9.20. The summed E-state index contributed by atoms with van der Waals surface area (Å²) in [5, 5.41) is 16.2. The topological polar surface area (TPSA) is 104 Å². The molecule has 2 heterocycles. The predicted molar refractivity (Wildman–Crippen MR) is 123 cm³/mol. The molecule has 2 aromatic carbocycles. The summed E-state index contributed by atoms with van der Waals surface area (Å²) in [5.74, 6) is 0. The fourth-order valence-corrected chi connectivity index (χ4v) is 4.73. The number of H-pyrrole nitrogens is 1. The SMILES string of the molecule is CC1(C)CCc2c(nc(C(O)c3ccc(NC(N)=O)cc3)c3[nH]c4ccccc4c23)C1. The third-order valence-electron chi connectivity index (χ3n) is 6.32. The summed E-state index contributed by atoms with van der Waals surface area (Å²) in [5.41, 5.74) is 11.6. The van der Waals surface area contributed by atoms with Gasteiger partial charge < -0.3 is 21.1 Å². The third-order valence-corrected chi connectivity index (χ3v) is 6.32. The zero-order valence-corrected chi connectivity index (χ0v) is 17.7. The van der Waals surface area contributed by atoms with Crippen LogP contribution in [0.3, 0.4) is 0 Å². The summed E-state index contributed by atoms with van der Waals surface area (Å²) >= 11 is 0. The minimum atomic E-state index is -0.895. The number of aryl methyl sites for hydroxylation is 1. The van der Waals surface area contributed by atoms with Gasteiger partial charge in [0.05, 0.1) is 11.2 Å². The van der Waals surface area contributed by atoms with Crippen molar-refractivity contribution in [3.8, 4) is 0 Å². The highest BCUT2D eigenvalue weighted by atomic mass is 16.3. The van der Waals surface area contributed by atoms with E-state index in [1.807, 2.05) is 6.07 Å². The second kappa shape index (κ2) is 7.10. The van der Waals surface area contributed by atoms with Crippen LogP contribution in [-0.2, 0) is 12.8 Å². The van der Waals surface area contributed by atoms with E-state index >= 15 is 0 Å². The molecule has 5 rings (SSSR count). The maximum atomic E-state index is 11.3. The molecule has 0 radical (unpaired) electrons. The molecular formula is C25H26N4O2. The minimum Gasteiger partial charge on any atom is -0.382 e. The molecule has 2 amide bonds. The van der Waals surface area contributed by atoms with Crippen molar-refractivity contribution in [3.63, 3.8) is 0 Å². The van der Waals surface area contributed by atoms with Crippen LogP contribution < -0.4 is 11.1 Å². The van der Waals surface area contributed by atoms with Crippen LogP contribution >= 0.6 is 0 Å². The molecule has 1 aliphatic rings. The third kappa shape index (κ3) is 3.43. The number of aromatic amines is 1. The van der Waals surface area contributed by atoms with Crippen molar-refractivity contribution in [1.29, 1.82) is 0 Å². The summed E-state index contributed by atoms with van der Waals surface area (Å²) in [7, 11) is 0. The van der Waals surface area contributed by atoms with Crippen LogP contribution in [0.15, 0.2) is 48.5 Å². The van der Waals surface area contributed by atoms with E-state index < -0.39 is 12.1 Å². The maximum Gasteiger partial charge on any atom is 0.316 e. The molecule has 0 spiro atoms. The zero-order valence-electron chi connectivity index (χ0n) is 17.7. The highest BCUT2D eigenvalue weighted by Crippen LogP contribution is 2.41. The Morgan fingerprint density at radius 2 is 1.94 bits per heavy atom. The van der Waals surface area contributed by atoms with Gasteiger partial charge in [0.1, 0.15) is 6.10 Å². The van der Waals surface area contributed by atoms with Crippen LogP contribution in [-0.4, -0.2) is 21.1 Å². The van der Waals surface area contributed by atoms with Crippen LogP contribution in [0.5, 0.6) is 0 Å². The number of pyridine rings is 1. The summed E-state index contributed by atoms with van der Waals surface area (Å²) < 4.78 is 0. The molecule has 0 saturated heterocycles. The lowest BCUT2D eigenvalue weighted by Crippen LogP contribution is -2.24. The first kappa shape index (κ1) is 19.6. The van der Waals surface area contributed by atoms with Gasteiger partial charge in [-0.2, -0.15) is 0 Å². The van der Waals surface area contributed by atoms with Gasteiger partial charge in [0.15, 0.2) is 0 Å². The van der Waals surface area contributed by atoms with Crippen molar-refractivity contribution in [2.75, 3.05) is 5.32 Å². The van der Waals surface area contributed by atoms with Gasteiger partial charge in [-0.1, -0.05) is 44.2 Å². The van der Waals surface area contributed by atoms with Gasteiger partial charge in [-0.3, -0.25) is 4.98 Å². The number of aliphatic hydroxyl groups is 1. The molecule has 6 nitrogen and oxygen atoms in total. The van der Waals surface area contributed by atoms with Crippen LogP contribution in [0.25, 0.3) is 21.8 Å². The number of hydrogen-bond acceptors (Lipinski definition) is 3. The summed E-state index contributed by atoms with van der Waals surface area (Å²) in [6, 6.07) is 14.7. The van der Waals surface area contributed by atoms with E-state index in [0.29, 0.717) is 16.9 Å². The Labute approximate surface area is 180 Å². The number of amides is 2. The van der Waals surface area contributed by atoms with Gasteiger partial charge in [0.25, 0.3) is 0 Å². The smallest absolute Gasteiger partial charge is 0.316 e. The summed E-state index contributed by atoms with van der Waals surface area (Å²) in [6.07, 6.45) is 2.09. The molecule has 1 aliphatic carbocycles. The number of benzene rings is 2. The fourth-order valence-electron chi connectivity index (χ4n) is 4.73. The number of hydrogen-bond donors (Lipinski definition) is 4. The summed E-state index contributed by atoms with van der Waals surface area (Å²) in [6.45, 7) is 4.55. The average molecular weight is 415 g/mol. The number of carbonyl (C=O) groups excluding carboxylic acids is 1. The Kier molecular flexibility index (Phi) is 4.48. The number of nitrogens with zero attached hydrogens (tertiary/aromatic N) is 1. The van der Waals surface area contributed by atoms with Crippen molar-refractivity contribution in [2.24, 2.45) is 11.1 Å². The molecule has 0 saturated carbocycles. The van der Waals surface area contributed by atoms with Gasteiger partial charge >= 0.3 is 6.03 Å². The van der Waals surface area contributed by atoms with E-state index in [0.717, 1.165) is 36.0 Å². The first-order valence-electron chi connectivity index (χ1n) is 10.6. The normalized spacial score (nSPS) is 16.2. The standard InChI is InChI=1S/C25H26N4O2/c1-25(2)12-11-17-19(13-25)29-22(21-20(17)16-5-3-4-6-18(16)28-21)23(30)14-7-9-15(10-8-14)27-24(26)31/h3-10,23,28,30H,11-13H2,1-2H3,(H3,26,27,31). The highest BCUT2D eigenvalue weighted by molar-refractivity contribution is 6.10. The monoisotopic (exact) mass is 414 g/mol. The molecule has 4 aromatic rings. The number of primary amides is 1. The Morgan fingerprint density at radius 1 is 1.19 bits per heavy atom. The number of anilines is 1. The molecule has 0 fully saturated rings. The number of aliphatic hydroxyl groups excluding tert-OH is 1. The van der Waals surface area contributed by atoms with E-state index in [-0.39, 0.29) is 5.41 Å². The lowest BCUT2D eigenvalue weighted by atomic mass is 9.75. The van der Waals surface area contributed by atoms with Crippen LogP contribution in [0.4, 0.5) is 10.5 Å². The highest BCUT2D eigenvalue weighted by Gasteiger charge is 2.31. The lowest BCUT2D eigenvalue weighted by molar-refractivity contribution is 0.215.